The average molecular weight is 412 g/mol. The summed E-state index contributed by atoms with van der Waals surface area (Å²) >= 11 is 7.87. The van der Waals surface area contributed by atoms with Gasteiger partial charge in [0.15, 0.2) is 0 Å². The van der Waals surface area contributed by atoms with Crippen LogP contribution in [0.4, 0.5) is 0 Å². The fraction of sp³-hybridized carbons (Fsp3) is 0.143. The Labute approximate surface area is 171 Å². The number of methoxy groups -OCH3 is 1. The molecule has 1 atom stereocenters. The van der Waals surface area contributed by atoms with Crippen LogP contribution in [0.2, 0.25) is 5.02 Å². The minimum absolute atomic E-state index is 0.227. The number of hydrogen-bond acceptors (Lipinski definition) is 4. The fourth-order valence-corrected chi connectivity index (χ4v) is 4.53. The summed E-state index contributed by atoms with van der Waals surface area (Å²) in [5.41, 5.74) is 0.903. The van der Waals surface area contributed by atoms with E-state index >= 15 is 0 Å². The average Bonchev–Trinajstić information content (AvgIpc) is 3.30. The Morgan fingerprint density at radius 3 is 2.61 bits per heavy atom. The molecule has 1 amide bonds. The van der Waals surface area contributed by atoms with Crippen LogP contribution in [0.1, 0.15) is 27.1 Å². The summed E-state index contributed by atoms with van der Waals surface area (Å²) in [4.78, 5) is 18.0. The highest BCUT2D eigenvalue weighted by molar-refractivity contribution is 7.21. The van der Waals surface area contributed by atoms with E-state index in [2.05, 4.69) is 10.3 Å². The maximum Gasteiger partial charge on any atom is 0.263 e. The molecule has 0 saturated carbocycles. The van der Waals surface area contributed by atoms with E-state index in [4.69, 9.17) is 16.3 Å². The molecular weight excluding hydrogens is 394 g/mol. The standard InChI is InChI=1S/C21H18ClN3O2S/c1-25-12-11-23-20(25)18(13-7-9-14(27-2)10-8-13)24-21(26)19-17(22)15-5-3-4-6-16(15)28-19/h3-12,18H,1-2H3,(H,24,26)/t18-/m0/s1. The second-order valence-corrected chi connectivity index (χ2v) is 7.75. The number of fused-ring (bicyclic) bond motifs is 1. The van der Waals surface area contributed by atoms with Crippen molar-refractivity contribution in [1.82, 2.24) is 14.9 Å². The van der Waals surface area contributed by atoms with Crippen LogP contribution in [0.3, 0.4) is 0 Å². The quantitative estimate of drug-likeness (QED) is 0.512. The largest absolute Gasteiger partial charge is 0.497 e. The van der Waals surface area contributed by atoms with Gasteiger partial charge in [-0.05, 0) is 23.8 Å². The van der Waals surface area contributed by atoms with Crippen LogP contribution in [-0.2, 0) is 7.05 Å². The first-order chi connectivity index (χ1) is 13.6. The van der Waals surface area contributed by atoms with E-state index in [1.807, 2.05) is 66.3 Å². The summed E-state index contributed by atoms with van der Waals surface area (Å²) in [5, 5.41) is 4.46. The van der Waals surface area contributed by atoms with Crippen molar-refractivity contribution < 1.29 is 9.53 Å². The molecule has 0 aliphatic carbocycles. The van der Waals surface area contributed by atoms with Gasteiger partial charge in [0.25, 0.3) is 5.91 Å². The molecule has 4 aromatic rings. The van der Waals surface area contributed by atoms with Crippen LogP contribution in [0.25, 0.3) is 10.1 Å². The number of imidazole rings is 1. The highest BCUT2D eigenvalue weighted by Crippen LogP contribution is 2.35. The Hall–Kier alpha value is -2.83. The van der Waals surface area contributed by atoms with Crippen molar-refractivity contribution >= 4 is 38.9 Å². The summed E-state index contributed by atoms with van der Waals surface area (Å²) in [6.07, 6.45) is 3.56. The number of carbonyl (C=O) groups excluding carboxylic acids is 1. The minimum Gasteiger partial charge on any atom is -0.497 e. The lowest BCUT2D eigenvalue weighted by Crippen LogP contribution is -2.30. The number of aryl methyl sites for hydroxylation is 1. The predicted octanol–water partition coefficient (Wildman–Crippen LogP) is 4.82. The number of hydrogen-bond donors (Lipinski definition) is 1. The van der Waals surface area contributed by atoms with E-state index in [1.54, 1.807) is 13.3 Å². The number of nitrogens with zero attached hydrogens (tertiary/aromatic N) is 2. The second kappa shape index (κ2) is 7.66. The van der Waals surface area contributed by atoms with Gasteiger partial charge in [-0.15, -0.1) is 11.3 Å². The predicted molar refractivity (Wildman–Crippen MR) is 112 cm³/mol. The Kier molecular flexibility index (Phi) is 5.07. The molecule has 142 valence electrons. The zero-order chi connectivity index (χ0) is 19.7. The lowest BCUT2D eigenvalue weighted by Gasteiger charge is -2.19. The van der Waals surface area contributed by atoms with Crippen LogP contribution >= 0.6 is 22.9 Å². The third-order valence-electron chi connectivity index (χ3n) is 4.58. The van der Waals surface area contributed by atoms with Gasteiger partial charge in [-0.3, -0.25) is 4.79 Å². The molecule has 1 N–H and O–H groups in total. The van der Waals surface area contributed by atoms with Crippen molar-refractivity contribution in [3.63, 3.8) is 0 Å². The molecular formula is C21H18ClN3O2S. The minimum atomic E-state index is -0.417. The summed E-state index contributed by atoms with van der Waals surface area (Å²) in [7, 11) is 3.52. The van der Waals surface area contributed by atoms with E-state index in [0.717, 1.165) is 27.2 Å². The van der Waals surface area contributed by atoms with Crippen molar-refractivity contribution in [2.75, 3.05) is 7.11 Å². The summed E-state index contributed by atoms with van der Waals surface area (Å²) < 4.78 is 8.11. The molecule has 4 rings (SSSR count). The third kappa shape index (κ3) is 3.37. The molecule has 7 heteroatoms. The molecule has 0 bridgehead atoms. The Morgan fingerprint density at radius 1 is 1.21 bits per heavy atom. The van der Waals surface area contributed by atoms with Gasteiger partial charge in [0, 0.05) is 29.5 Å². The molecule has 2 aromatic heterocycles. The maximum absolute atomic E-state index is 13.1. The summed E-state index contributed by atoms with van der Waals surface area (Å²) in [6, 6.07) is 14.9. The number of ether oxygens (including phenoxy) is 1. The normalized spacial score (nSPS) is 12.1. The fourth-order valence-electron chi connectivity index (χ4n) is 3.11. The zero-order valence-electron chi connectivity index (χ0n) is 15.3. The van der Waals surface area contributed by atoms with Crippen molar-refractivity contribution in [2.24, 2.45) is 7.05 Å². The van der Waals surface area contributed by atoms with Gasteiger partial charge in [-0.2, -0.15) is 0 Å². The number of aromatic nitrogens is 2. The van der Waals surface area contributed by atoms with Crippen LogP contribution < -0.4 is 10.1 Å². The lowest BCUT2D eigenvalue weighted by molar-refractivity contribution is 0.0945. The van der Waals surface area contributed by atoms with Gasteiger partial charge in [0.2, 0.25) is 0 Å². The van der Waals surface area contributed by atoms with Crippen LogP contribution in [0.5, 0.6) is 5.75 Å². The number of rotatable bonds is 5. The molecule has 28 heavy (non-hydrogen) atoms. The Morgan fingerprint density at radius 2 is 1.96 bits per heavy atom. The van der Waals surface area contributed by atoms with E-state index in [0.29, 0.717) is 9.90 Å². The Balaban J connectivity index is 1.71. The molecule has 0 aliphatic rings. The van der Waals surface area contributed by atoms with Crippen molar-refractivity contribution in [3.05, 3.63) is 82.2 Å². The molecule has 0 spiro atoms. The molecule has 0 unspecified atom stereocenters. The van der Waals surface area contributed by atoms with Crippen molar-refractivity contribution in [1.29, 1.82) is 0 Å². The van der Waals surface area contributed by atoms with Gasteiger partial charge in [0.1, 0.15) is 22.5 Å². The molecule has 0 radical (unpaired) electrons. The van der Waals surface area contributed by atoms with Crippen LogP contribution in [0.15, 0.2) is 60.9 Å². The number of benzene rings is 2. The molecule has 5 nitrogen and oxygen atoms in total. The second-order valence-electron chi connectivity index (χ2n) is 6.32. The number of carbonyl (C=O) groups is 1. The highest BCUT2D eigenvalue weighted by atomic mass is 35.5. The first kappa shape index (κ1) is 18.5. The van der Waals surface area contributed by atoms with Gasteiger partial charge in [0.05, 0.1) is 12.1 Å². The number of nitrogens with one attached hydrogen (secondary N) is 1. The van der Waals surface area contributed by atoms with E-state index in [-0.39, 0.29) is 5.91 Å². The van der Waals surface area contributed by atoms with Crippen LogP contribution in [-0.4, -0.2) is 22.6 Å². The summed E-state index contributed by atoms with van der Waals surface area (Å²) in [5.74, 6) is 1.26. The Bertz CT molecular complexity index is 1130. The van der Waals surface area contributed by atoms with Gasteiger partial charge < -0.3 is 14.6 Å². The van der Waals surface area contributed by atoms with Crippen molar-refractivity contribution in [3.8, 4) is 5.75 Å². The first-order valence-electron chi connectivity index (χ1n) is 8.67. The van der Waals surface area contributed by atoms with Gasteiger partial charge >= 0.3 is 0 Å². The van der Waals surface area contributed by atoms with Crippen LogP contribution in [0, 0.1) is 0 Å². The smallest absolute Gasteiger partial charge is 0.263 e. The monoisotopic (exact) mass is 411 g/mol. The molecule has 0 aliphatic heterocycles. The van der Waals surface area contributed by atoms with Gasteiger partial charge in [-0.1, -0.05) is 41.9 Å². The zero-order valence-corrected chi connectivity index (χ0v) is 16.9. The van der Waals surface area contributed by atoms with E-state index in [9.17, 15) is 4.79 Å². The van der Waals surface area contributed by atoms with Crippen molar-refractivity contribution in [2.45, 2.75) is 6.04 Å². The number of halogens is 1. The topological polar surface area (TPSA) is 56.1 Å². The van der Waals surface area contributed by atoms with E-state index in [1.165, 1.54) is 11.3 Å². The third-order valence-corrected chi connectivity index (χ3v) is 6.26. The number of thiophene rings is 1. The number of amides is 1. The van der Waals surface area contributed by atoms with E-state index < -0.39 is 6.04 Å². The molecule has 2 aromatic carbocycles. The van der Waals surface area contributed by atoms with Gasteiger partial charge in [-0.25, -0.2) is 4.98 Å². The summed E-state index contributed by atoms with van der Waals surface area (Å²) in [6.45, 7) is 0. The maximum atomic E-state index is 13.1. The lowest BCUT2D eigenvalue weighted by atomic mass is 10.1. The molecule has 0 saturated heterocycles. The highest BCUT2D eigenvalue weighted by Gasteiger charge is 2.24. The first-order valence-corrected chi connectivity index (χ1v) is 9.87. The SMILES string of the molecule is COc1ccc([C@H](NC(=O)c2sc3ccccc3c2Cl)c2nccn2C)cc1. The molecule has 0 fully saturated rings. The molecule has 2 heterocycles.